The van der Waals surface area contributed by atoms with E-state index in [2.05, 4.69) is 11.6 Å². The van der Waals surface area contributed by atoms with Crippen LogP contribution in [0.1, 0.15) is 32.6 Å². The van der Waals surface area contributed by atoms with Gasteiger partial charge in [0.05, 0.1) is 9.79 Å². The van der Waals surface area contributed by atoms with Gasteiger partial charge in [-0.2, -0.15) is 4.31 Å². The fourth-order valence-corrected chi connectivity index (χ4v) is 5.61. The molecule has 3 rings (SSSR count). The van der Waals surface area contributed by atoms with Crippen molar-refractivity contribution in [3.8, 4) is 0 Å². The van der Waals surface area contributed by atoms with Crippen molar-refractivity contribution in [2.75, 3.05) is 13.1 Å². The van der Waals surface area contributed by atoms with Crippen molar-refractivity contribution in [1.82, 2.24) is 9.03 Å². The molecule has 0 aromatic heterocycles. The van der Waals surface area contributed by atoms with Gasteiger partial charge in [0.25, 0.3) is 0 Å². The third-order valence-electron chi connectivity index (χ3n) is 4.40. The normalized spacial score (nSPS) is 21.4. The molecule has 23 heavy (non-hydrogen) atoms. The number of piperidine rings is 1. The molecule has 6 nitrogen and oxygen atoms in total. The summed E-state index contributed by atoms with van der Waals surface area (Å²) < 4.78 is 54.0. The largest absolute Gasteiger partial charge is 0.243 e. The lowest BCUT2D eigenvalue weighted by Gasteiger charge is -2.29. The van der Waals surface area contributed by atoms with Crippen molar-refractivity contribution in [3.63, 3.8) is 0 Å². The highest BCUT2D eigenvalue weighted by Crippen LogP contribution is 2.26. The number of hydrogen-bond acceptors (Lipinski definition) is 4. The van der Waals surface area contributed by atoms with Gasteiger partial charge in [-0.25, -0.2) is 21.6 Å². The Hall–Kier alpha value is -0.960. The summed E-state index contributed by atoms with van der Waals surface area (Å²) in [6, 6.07) is 5.63. The van der Waals surface area contributed by atoms with Crippen LogP contribution in [-0.4, -0.2) is 40.3 Å². The molecule has 8 heteroatoms. The molecule has 0 amide bonds. The van der Waals surface area contributed by atoms with E-state index >= 15 is 0 Å². The van der Waals surface area contributed by atoms with Crippen molar-refractivity contribution >= 4 is 20.0 Å². The minimum atomic E-state index is -3.65. The number of nitrogens with zero attached hydrogens (tertiary/aromatic N) is 1. The molecule has 2 aliphatic rings. The highest BCUT2D eigenvalue weighted by molar-refractivity contribution is 7.90. The molecule has 1 aliphatic heterocycles. The third-order valence-corrected chi connectivity index (χ3v) is 7.81. The van der Waals surface area contributed by atoms with Crippen LogP contribution in [0, 0.1) is 5.92 Å². The summed E-state index contributed by atoms with van der Waals surface area (Å²) >= 11 is 0. The van der Waals surface area contributed by atoms with E-state index in [1.54, 1.807) is 0 Å². The van der Waals surface area contributed by atoms with Gasteiger partial charge >= 0.3 is 0 Å². The van der Waals surface area contributed by atoms with Gasteiger partial charge in [0.1, 0.15) is 0 Å². The SMILES string of the molecule is CC1CCN(S(=O)(=O)c2cccc(S(=O)(=O)NC3CC3)c2)CC1. The Morgan fingerprint density at radius 3 is 2.22 bits per heavy atom. The Morgan fingerprint density at radius 1 is 1.00 bits per heavy atom. The second kappa shape index (κ2) is 6.16. The maximum absolute atomic E-state index is 12.7. The second-order valence-corrected chi connectivity index (χ2v) is 10.1. The Morgan fingerprint density at radius 2 is 1.61 bits per heavy atom. The van der Waals surface area contributed by atoms with Gasteiger partial charge in [0.15, 0.2) is 0 Å². The molecule has 0 radical (unpaired) electrons. The van der Waals surface area contributed by atoms with Gasteiger partial charge in [-0.3, -0.25) is 0 Å². The number of sulfonamides is 2. The van der Waals surface area contributed by atoms with E-state index in [0.717, 1.165) is 25.7 Å². The molecule has 2 fully saturated rings. The molecule has 1 aromatic rings. The molecule has 1 N–H and O–H groups in total. The van der Waals surface area contributed by atoms with Crippen molar-refractivity contribution in [3.05, 3.63) is 24.3 Å². The molecule has 1 aliphatic carbocycles. The van der Waals surface area contributed by atoms with Crippen LogP contribution in [0.5, 0.6) is 0 Å². The standard InChI is InChI=1S/C15H22N2O4S2/c1-12-7-9-17(10-8-12)23(20,21)15-4-2-3-14(11-15)22(18,19)16-13-5-6-13/h2-4,11-13,16H,5-10H2,1H3. The Labute approximate surface area is 138 Å². The van der Waals surface area contributed by atoms with E-state index in [0.29, 0.717) is 19.0 Å². The summed E-state index contributed by atoms with van der Waals surface area (Å²) in [5, 5.41) is 0. The molecule has 1 heterocycles. The fraction of sp³-hybridized carbons (Fsp3) is 0.600. The van der Waals surface area contributed by atoms with E-state index in [1.165, 1.54) is 28.6 Å². The predicted octanol–water partition coefficient (Wildman–Crippen LogP) is 1.55. The van der Waals surface area contributed by atoms with E-state index in [-0.39, 0.29) is 15.8 Å². The third kappa shape index (κ3) is 3.76. The average Bonchev–Trinajstić information content (AvgIpc) is 3.31. The number of hydrogen-bond donors (Lipinski definition) is 1. The summed E-state index contributed by atoms with van der Waals surface area (Å²) in [6.07, 6.45) is 3.34. The van der Waals surface area contributed by atoms with E-state index in [4.69, 9.17) is 0 Å². The summed E-state index contributed by atoms with van der Waals surface area (Å²) in [4.78, 5) is 0.0570. The van der Waals surface area contributed by atoms with Crippen LogP contribution in [0.3, 0.4) is 0 Å². The van der Waals surface area contributed by atoms with Crippen molar-refractivity contribution in [2.24, 2.45) is 5.92 Å². The number of nitrogens with one attached hydrogen (secondary N) is 1. The monoisotopic (exact) mass is 358 g/mol. The summed E-state index contributed by atoms with van der Waals surface area (Å²) in [6.45, 7) is 3.09. The van der Waals surface area contributed by atoms with E-state index < -0.39 is 20.0 Å². The maximum atomic E-state index is 12.7. The highest BCUT2D eigenvalue weighted by atomic mass is 32.2. The smallest absolute Gasteiger partial charge is 0.208 e. The van der Waals surface area contributed by atoms with Gasteiger partial charge in [-0.15, -0.1) is 0 Å². The van der Waals surface area contributed by atoms with Crippen molar-refractivity contribution < 1.29 is 16.8 Å². The summed E-state index contributed by atoms with van der Waals surface area (Å²) in [7, 11) is -7.29. The minimum Gasteiger partial charge on any atom is -0.208 e. The molecular weight excluding hydrogens is 336 g/mol. The molecule has 1 aromatic carbocycles. The summed E-state index contributed by atoms with van der Waals surface area (Å²) in [5.74, 6) is 0.524. The van der Waals surface area contributed by atoms with Crippen molar-refractivity contribution in [1.29, 1.82) is 0 Å². The zero-order chi connectivity index (χ0) is 16.7. The summed E-state index contributed by atoms with van der Waals surface area (Å²) in [5.41, 5.74) is 0. The Balaban J connectivity index is 1.86. The first-order valence-corrected chi connectivity index (χ1v) is 10.8. The average molecular weight is 358 g/mol. The van der Waals surface area contributed by atoms with Gasteiger partial charge in [-0.05, 0) is 49.8 Å². The predicted molar refractivity (Wildman–Crippen MR) is 86.9 cm³/mol. The lowest BCUT2D eigenvalue weighted by Crippen LogP contribution is -2.38. The molecule has 1 saturated carbocycles. The first kappa shape index (κ1) is 16.9. The lowest BCUT2D eigenvalue weighted by atomic mass is 10.0. The van der Waals surface area contributed by atoms with Crippen molar-refractivity contribution in [2.45, 2.75) is 48.4 Å². The van der Waals surface area contributed by atoms with Crippen LogP contribution in [0.25, 0.3) is 0 Å². The zero-order valence-electron chi connectivity index (χ0n) is 13.1. The fourth-order valence-electron chi connectivity index (χ4n) is 2.66. The highest BCUT2D eigenvalue weighted by Gasteiger charge is 2.31. The number of benzene rings is 1. The Kier molecular flexibility index (Phi) is 4.52. The zero-order valence-corrected chi connectivity index (χ0v) is 14.7. The minimum absolute atomic E-state index is 0.0100. The first-order valence-electron chi connectivity index (χ1n) is 7.91. The maximum Gasteiger partial charge on any atom is 0.243 e. The molecule has 0 unspecified atom stereocenters. The Bertz CT molecular complexity index is 777. The molecule has 1 saturated heterocycles. The van der Waals surface area contributed by atoms with Crippen LogP contribution in [0.2, 0.25) is 0 Å². The second-order valence-electron chi connectivity index (χ2n) is 6.46. The molecular formula is C15H22N2O4S2. The number of rotatable bonds is 5. The molecule has 128 valence electrons. The molecule has 0 atom stereocenters. The van der Waals surface area contributed by atoms with Gasteiger partial charge in [-0.1, -0.05) is 13.0 Å². The van der Waals surface area contributed by atoms with Crippen LogP contribution in [0.15, 0.2) is 34.1 Å². The molecule has 0 spiro atoms. The molecule has 0 bridgehead atoms. The van der Waals surface area contributed by atoms with Crippen LogP contribution in [0.4, 0.5) is 0 Å². The van der Waals surface area contributed by atoms with E-state index in [9.17, 15) is 16.8 Å². The lowest BCUT2D eigenvalue weighted by molar-refractivity contribution is 0.288. The topological polar surface area (TPSA) is 83.6 Å². The van der Waals surface area contributed by atoms with Crippen LogP contribution >= 0.6 is 0 Å². The van der Waals surface area contributed by atoms with Crippen LogP contribution < -0.4 is 4.72 Å². The first-order chi connectivity index (χ1) is 10.8. The quantitative estimate of drug-likeness (QED) is 0.865. The van der Waals surface area contributed by atoms with Gasteiger partial charge in [0.2, 0.25) is 20.0 Å². The van der Waals surface area contributed by atoms with Crippen LogP contribution in [-0.2, 0) is 20.0 Å². The van der Waals surface area contributed by atoms with Gasteiger partial charge in [0, 0.05) is 19.1 Å². The van der Waals surface area contributed by atoms with E-state index in [1.807, 2.05) is 0 Å². The van der Waals surface area contributed by atoms with Gasteiger partial charge < -0.3 is 0 Å².